The molecule has 0 aliphatic carbocycles. The predicted octanol–water partition coefficient (Wildman–Crippen LogP) is -16.2. The molecule has 0 aromatic carbocycles. The van der Waals surface area contributed by atoms with Gasteiger partial charge in [0.05, 0.1) is 0 Å². The Balaban J connectivity index is -0.0000000131. The fraction of sp³-hybridized carbons (Fsp3) is 0. The van der Waals surface area contributed by atoms with E-state index in [1.54, 1.807) is 0 Å². The van der Waals surface area contributed by atoms with Crippen LogP contribution in [0.25, 0.3) is 0 Å². The van der Waals surface area contributed by atoms with Gasteiger partial charge in [-0.2, -0.15) is 0 Å². The molecule has 0 heterocycles. The molecule has 2 radical (unpaired) electrons. The van der Waals surface area contributed by atoms with Crippen molar-refractivity contribution >= 4 is 136 Å². The first-order valence-electron chi connectivity index (χ1n) is 3.72. The molecule has 146 valence electrons. The van der Waals surface area contributed by atoms with Crippen LogP contribution in [0.2, 0.25) is 0 Å². The van der Waals surface area contributed by atoms with Crippen LogP contribution in [0.5, 0.6) is 0 Å². The Hall–Kier alpha value is 1.95. The van der Waals surface area contributed by atoms with E-state index >= 15 is 0 Å². The van der Waals surface area contributed by atoms with Crippen LogP contribution in [0.1, 0.15) is 0 Å². The summed E-state index contributed by atoms with van der Waals surface area (Å²) in [5.74, 6) is 0. The van der Waals surface area contributed by atoms with Gasteiger partial charge in [-0.25, -0.2) is 0 Å². The van der Waals surface area contributed by atoms with Gasteiger partial charge in [0, 0.05) is 27.5 Å². The molecule has 0 atom stereocenters. The van der Waals surface area contributed by atoms with Crippen molar-refractivity contribution in [2.75, 3.05) is 0 Å². The molecule has 0 saturated heterocycles. The van der Waals surface area contributed by atoms with Crippen LogP contribution in [0, 0.1) is 0 Å². The van der Waals surface area contributed by atoms with E-state index in [-0.39, 0.29) is 80.2 Å². The van der Waals surface area contributed by atoms with Gasteiger partial charge in [0.1, 0.15) is 0 Å². The molecule has 17 nitrogen and oxygen atoms in total. The third-order valence-electron chi connectivity index (χ3n) is 0. The maximum atomic E-state index is 8.52. The molecule has 0 spiro atoms. The number of rotatable bonds is 0. The molecule has 0 saturated carbocycles. The molecule has 0 fully saturated rings. The topological polar surface area (TPSA) is 350 Å². The van der Waals surface area contributed by atoms with Crippen molar-refractivity contribution in [1.29, 1.82) is 0 Å². The van der Waals surface area contributed by atoms with Crippen molar-refractivity contribution in [3.05, 3.63) is 0 Å². The van der Waals surface area contributed by atoms with Crippen LogP contribution in [-0.4, -0.2) is 136 Å². The fourth-order valence-electron chi connectivity index (χ4n) is 0. The summed E-state index contributed by atoms with van der Waals surface area (Å²) in [6, 6.07) is 0. The number of hydrogen-bond donors (Lipinski definition) is 0. The third-order valence-corrected chi connectivity index (χ3v) is 0. The Morgan fingerprint density at radius 2 is 0.429 bits per heavy atom. The van der Waals surface area contributed by atoms with Gasteiger partial charge in [-0.05, 0) is 0 Å². The van der Waals surface area contributed by atoms with E-state index < -0.39 is 89.5 Å². The zero-order chi connectivity index (χ0) is 21.6. The molecule has 0 aromatic heterocycles. The van der Waals surface area contributed by atoms with Gasteiger partial charge in [0.2, 0.25) is 0 Å². The molecule has 0 bridgehead atoms. The standard InChI is InChI=1S/4Al.2Fe.2Mg.3O3Si.8O/c;;;;;;;;3*1-4(2)3;;;;;;;;/q;;;;2*+3;2*+2;3*-2;;;;;4*-1. The summed E-state index contributed by atoms with van der Waals surface area (Å²) in [5.41, 5.74) is 0. The van der Waals surface area contributed by atoms with Crippen LogP contribution in [0.3, 0.4) is 0 Å². The summed E-state index contributed by atoms with van der Waals surface area (Å²) in [7, 11) is -10.9. The second-order valence-corrected chi connectivity index (χ2v) is 3.40. The van der Waals surface area contributed by atoms with Gasteiger partial charge in [0.15, 0.2) is 0 Å². The van der Waals surface area contributed by atoms with Crippen LogP contribution >= 0.6 is 0 Å². The molecule has 0 N–H and O–H groups in total. The van der Waals surface area contributed by atoms with Crippen LogP contribution < -0.4 is 45.4 Å². The summed E-state index contributed by atoms with van der Waals surface area (Å²) >= 11 is -7.00. The van der Waals surface area contributed by atoms with Crippen molar-refractivity contribution in [2.24, 2.45) is 0 Å². The van der Waals surface area contributed by atoms with E-state index in [0.29, 0.717) is 0 Å². The minimum absolute atomic E-state index is 0. The molecule has 0 aliphatic rings. The number of hydrogen-bond acceptors (Lipinski definition) is 17. The molecule has 0 amide bonds. The van der Waals surface area contributed by atoms with Crippen molar-refractivity contribution < 1.29 is 108 Å². The van der Waals surface area contributed by atoms with Crippen LogP contribution in [0.15, 0.2) is 0 Å². The quantitative estimate of drug-likeness (QED) is 0.226. The molecular formula is Al4Fe2Mg2O17Si3. The van der Waals surface area contributed by atoms with Crippen molar-refractivity contribution in [2.45, 2.75) is 0 Å². The summed E-state index contributed by atoms with van der Waals surface area (Å²) in [6.45, 7) is 0. The molecular weight excluding hydrogens is 624 g/mol. The van der Waals surface area contributed by atoms with E-state index in [9.17, 15) is 0 Å². The van der Waals surface area contributed by atoms with Gasteiger partial charge in [-0.15, -0.1) is 0 Å². The van der Waals surface area contributed by atoms with E-state index in [4.69, 9.17) is 74.0 Å². The van der Waals surface area contributed by atoms with E-state index in [2.05, 4.69) is 0 Å². The summed E-state index contributed by atoms with van der Waals surface area (Å²) in [4.78, 5) is 51.1. The van der Waals surface area contributed by atoms with Crippen molar-refractivity contribution in [3.8, 4) is 0 Å². The molecule has 28 heavy (non-hydrogen) atoms. The molecule has 28 heteroatoms. The van der Waals surface area contributed by atoms with Gasteiger partial charge in [0.25, 0.3) is 0 Å². The molecule has 0 unspecified atom stereocenters. The molecule has 0 aromatic rings. The van der Waals surface area contributed by atoms with Crippen LogP contribution in [-0.2, 0) is 62.7 Å². The summed E-state index contributed by atoms with van der Waals surface area (Å²) in [5, 5.41) is 0. The second kappa shape index (κ2) is 101. The second-order valence-electron chi connectivity index (χ2n) is 1.13. The average molecular weight is 624 g/mol. The molecule has 0 aliphatic heterocycles. The van der Waals surface area contributed by atoms with Gasteiger partial charge in [-0.3, -0.25) is 0 Å². The Morgan fingerprint density at radius 1 is 0.429 bits per heavy atom. The fourth-order valence-corrected chi connectivity index (χ4v) is 0. The normalized spacial score (nSPS) is 3.71. The summed E-state index contributed by atoms with van der Waals surface area (Å²) < 4.78 is 93.2. The van der Waals surface area contributed by atoms with E-state index in [1.807, 2.05) is 0 Å². The zero-order valence-electron chi connectivity index (χ0n) is 12.9. The van der Waals surface area contributed by atoms with E-state index in [0.717, 1.165) is 0 Å². The molecule has 0 rings (SSSR count). The first-order chi connectivity index (χ1) is 10.9. The Kier molecular flexibility index (Phi) is 253. The third kappa shape index (κ3) is 5330. The average Bonchev–Trinajstić information content (AvgIpc) is 2.29. The van der Waals surface area contributed by atoms with Gasteiger partial charge < -0.3 is 42.2 Å². The van der Waals surface area contributed by atoms with E-state index in [1.165, 1.54) is 0 Å². The van der Waals surface area contributed by atoms with Gasteiger partial charge in [-0.1, -0.05) is 0 Å². The predicted molar refractivity (Wildman–Crippen MR) is 56.6 cm³/mol. The van der Waals surface area contributed by atoms with Crippen LogP contribution in [0.4, 0.5) is 0 Å². The maximum absolute atomic E-state index is 8.52. The SMILES string of the molecule is O=[Si]([O-])[O-].O=[Si]([O-])[O-].O=[Si]([O-])[O-].[Fe+3].[Fe+3].[Mg+2].[Mg+2].[O]=[Al][O-].[O]=[Al][O-].[O]=[Al][O-].[O]=[Al][O-]. The summed E-state index contributed by atoms with van der Waals surface area (Å²) in [6.07, 6.45) is 0. The van der Waals surface area contributed by atoms with Crippen molar-refractivity contribution in [3.63, 3.8) is 0 Å². The first-order valence-corrected chi connectivity index (χ1v) is 11.2. The van der Waals surface area contributed by atoms with Crippen molar-refractivity contribution in [1.82, 2.24) is 0 Å². The Morgan fingerprint density at radius 3 is 0.429 bits per heavy atom. The van der Waals surface area contributed by atoms with Gasteiger partial charge >= 0.3 is 174 Å². The first kappa shape index (κ1) is 69.9. The Labute approximate surface area is 240 Å². The Bertz CT molecular complexity index is 258. The monoisotopic (exact) mass is 624 g/mol. The minimum atomic E-state index is -3.63. The zero-order valence-corrected chi connectivity index (χ0v) is 25.5.